The second kappa shape index (κ2) is 9.65. The molecule has 156 valence electrons. The number of halogens is 3. The van der Waals surface area contributed by atoms with Crippen LogP contribution in [0.2, 0.25) is 0 Å². The number of hydrogen-bond acceptors (Lipinski definition) is 0. The van der Waals surface area contributed by atoms with Gasteiger partial charge in [0.25, 0.3) is 0 Å². The highest BCUT2D eigenvalue weighted by Crippen LogP contribution is 2.39. The molecule has 0 bridgehead atoms. The highest BCUT2D eigenvalue weighted by atomic mass is 19.4. The molecular weight excluding hydrogens is 369 g/mol. The van der Waals surface area contributed by atoms with Crippen molar-refractivity contribution < 1.29 is 13.2 Å². The Labute approximate surface area is 172 Å². The standard InChI is InChI=1S/C26H31F3/c1-3-5-6-7-19-8-10-21(11-9-19)22-13-15-23(16-14-22)24-17-12-20(4-2)25(18-24)26(27,28)29/h4,12-19,21H,2-3,5-11H2,1H3/t19-,21-. The Kier molecular flexibility index (Phi) is 7.21. The average molecular weight is 401 g/mol. The molecule has 0 heterocycles. The van der Waals surface area contributed by atoms with Crippen LogP contribution < -0.4 is 0 Å². The van der Waals surface area contributed by atoms with Crippen LogP contribution in [-0.4, -0.2) is 0 Å². The molecule has 0 atom stereocenters. The predicted octanol–water partition coefficient (Wildman–Crippen LogP) is 8.87. The summed E-state index contributed by atoms with van der Waals surface area (Å²) >= 11 is 0. The molecular formula is C26H31F3. The lowest BCUT2D eigenvalue weighted by Gasteiger charge is -2.29. The van der Waals surface area contributed by atoms with Crippen LogP contribution in [0.25, 0.3) is 17.2 Å². The SMILES string of the molecule is C=Cc1ccc(-c2ccc([C@H]3CC[C@H](CCCCC)CC3)cc2)cc1C(F)(F)F. The summed E-state index contributed by atoms with van der Waals surface area (Å²) in [5.74, 6) is 1.46. The zero-order valence-electron chi connectivity index (χ0n) is 17.3. The van der Waals surface area contributed by atoms with Gasteiger partial charge in [-0.2, -0.15) is 13.2 Å². The van der Waals surface area contributed by atoms with Crippen LogP contribution in [0.4, 0.5) is 13.2 Å². The molecule has 0 unspecified atom stereocenters. The van der Waals surface area contributed by atoms with Gasteiger partial charge in [-0.3, -0.25) is 0 Å². The van der Waals surface area contributed by atoms with Crippen molar-refractivity contribution in [1.29, 1.82) is 0 Å². The van der Waals surface area contributed by atoms with E-state index in [0.717, 1.165) is 11.5 Å². The van der Waals surface area contributed by atoms with Crippen LogP contribution in [-0.2, 0) is 6.18 Å². The van der Waals surface area contributed by atoms with Crippen molar-refractivity contribution in [2.24, 2.45) is 5.92 Å². The molecule has 0 radical (unpaired) electrons. The fourth-order valence-electron chi connectivity index (χ4n) is 4.57. The largest absolute Gasteiger partial charge is 0.417 e. The number of unbranched alkanes of at least 4 members (excludes halogenated alkanes) is 2. The van der Waals surface area contributed by atoms with Gasteiger partial charge in [0, 0.05) is 0 Å². The molecule has 1 fully saturated rings. The van der Waals surface area contributed by atoms with Gasteiger partial charge in [-0.25, -0.2) is 0 Å². The minimum Gasteiger partial charge on any atom is -0.166 e. The van der Waals surface area contributed by atoms with E-state index >= 15 is 0 Å². The summed E-state index contributed by atoms with van der Waals surface area (Å²) in [6.07, 6.45) is 7.26. The van der Waals surface area contributed by atoms with E-state index in [1.807, 2.05) is 12.1 Å². The monoisotopic (exact) mass is 400 g/mol. The molecule has 0 amide bonds. The van der Waals surface area contributed by atoms with Crippen LogP contribution in [0.5, 0.6) is 0 Å². The number of benzene rings is 2. The van der Waals surface area contributed by atoms with E-state index in [1.54, 1.807) is 6.07 Å². The van der Waals surface area contributed by atoms with Crippen molar-refractivity contribution in [1.82, 2.24) is 0 Å². The van der Waals surface area contributed by atoms with E-state index < -0.39 is 11.7 Å². The molecule has 3 rings (SSSR count). The predicted molar refractivity (Wildman–Crippen MR) is 116 cm³/mol. The number of rotatable bonds is 7. The first-order valence-corrected chi connectivity index (χ1v) is 10.9. The maximum atomic E-state index is 13.3. The highest BCUT2D eigenvalue weighted by Gasteiger charge is 2.33. The summed E-state index contributed by atoms with van der Waals surface area (Å²) in [7, 11) is 0. The second-order valence-corrected chi connectivity index (χ2v) is 8.34. The maximum Gasteiger partial charge on any atom is 0.417 e. The molecule has 1 saturated carbocycles. The molecule has 1 aliphatic rings. The Morgan fingerprint density at radius 2 is 1.59 bits per heavy atom. The third-order valence-corrected chi connectivity index (χ3v) is 6.36. The Balaban J connectivity index is 1.68. The van der Waals surface area contributed by atoms with Crippen molar-refractivity contribution in [2.75, 3.05) is 0 Å². The molecule has 2 aromatic carbocycles. The van der Waals surface area contributed by atoms with E-state index in [2.05, 4.69) is 25.6 Å². The van der Waals surface area contributed by atoms with Gasteiger partial charge in [0.1, 0.15) is 0 Å². The number of alkyl halides is 3. The molecule has 1 aliphatic carbocycles. The first-order chi connectivity index (χ1) is 13.9. The molecule has 0 spiro atoms. The highest BCUT2D eigenvalue weighted by molar-refractivity contribution is 5.68. The Morgan fingerprint density at radius 3 is 2.17 bits per heavy atom. The van der Waals surface area contributed by atoms with Crippen LogP contribution in [0.1, 0.15) is 80.9 Å². The Bertz CT molecular complexity index is 794. The molecule has 0 aliphatic heterocycles. The number of hydrogen-bond donors (Lipinski definition) is 0. The van der Waals surface area contributed by atoms with Gasteiger partial charge >= 0.3 is 6.18 Å². The average Bonchev–Trinajstić information content (AvgIpc) is 2.73. The van der Waals surface area contributed by atoms with Gasteiger partial charge < -0.3 is 0 Å². The summed E-state index contributed by atoms with van der Waals surface area (Å²) in [4.78, 5) is 0. The quantitative estimate of drug-likeness (QED) is 0.407. The van der Waals surface area contributed by atoms with Crippen molar-refractivity contribution in [3.8, 4) is 11.1 Å². The molecule has 3 heteroatoms. The minimum absolute atomic E-state index is 0.119. The fraction of sp³-hybridized carbons (Fsp3) is 0.462. The summed E-state index contributed by atoms with van der Waals surface area (Å²) in [5.41, 5.74) is 2.22. The first kappa shape index (κ1) is 21.7. The van der Waals surface area contributed by atoms with Crippen LogP contribution >= 0.6 is 0 Å². The minimum atomic E-state index is -4.38. The van der Waals surface area contributed by atoms with Crippen molar-refractivity contribution in [3.63, 3.8) is 0 Å². The van der Waals surface area contributed by atoms with Gasteiger partial charge in [0.05, 0.1) is 5.56 Å². The van der Waals surface area contributed by atoms with Gasteiger partial charge in [-0.15, -0.1) is 0 Å². The lowest BCUT2D eigenvalue weighted by Crippen LogP contribution is -2.13. The van der Waals surface area contributed by atoms with Crippen molar-refractivity contribution in [3.05, 3.63) is 65.7 Å². The van der Waals surface area contributed by atoms with E-state index in [0.29, 0.717) is 11.5 Å². The van der Waals surface area contributed by atoms with Crippen molar-refractivity contribution in [2.45, 2.75) is 70.4 Å². The summed E-state index contributed by atoms with van der Waals surface area (Å²) in [6, 6.07) is 12.6. The summed E-state index contributed by atoms with van der Waals surface area (Å²) in [6.45, 7) is 5.75. The normalized spacial score (nSPS) is 19.9. The topological polar surface area (TPSA) is 0 Å². The van der Waals surface area contributed by atoms with E-state index in [-0.39, 0.29) is 5.56 Å². The lowest BCUT2D eigenvalue weighted by molar-refractivity contribution is -0.137. The molecule has 0 N–H and O–H groups in total. The second-order valence-electron chi connectivity index (χ2n) is 8.34. The zero-order valence-corrected chi connectivity index (χ0v) is 17.3. The zero-order chi connectivity index (χ0) is 20.9. The third kappa shape index (κ3) is 5.52. The summed E-state index contributed by atoms with van der Waals surface area (Å²) in [5, 5.41) is 0. The first-order valence-electron chi connectivity index (χ1n) is 10.9. The Hall–Kier alpha value is -2.03. The lowest BCUT2D eigenvalue weighted by atomic mass is 9.77. The molecule has 0 nitrogen and oxygen atoms in total. The third-order valence-electron chi connectivity index (χ3n) is 6.36. The smallest absolute Gasteiger partial charge is 0.166 e. The van der Waals surface area contributed by atoms with Crippen molar-refractivity contribution >= 4 is 6.08 Å². The van der Waals surface area contributed by atoms with Gasteiger partial charge in [-0.05, 0) is 65.8 Å². The fourth-order valence-corrected chi connectivity index (χ4v) is 4.57. The van der Waals surface area contributed by atoms with Gasteiger partial charge in [0.2, 0.25) is 0 Å². The molecule has 0 saturated heterocycles. The molecule has 0 aromatic heterocycles. The molecule has 2 aromatic rings. The van der Waals surface area contributed by atoms with Gasteiger partial charge in [0.15, 0.2) is 0 Å². The van der Waals surface area contributed by atoms with Crippen LogP contribution in [0.3, 0.4) is 0 Å². The maximum absolute atomic E-state index is 13.3. The van der Waals surface area contributed by atoms with Gasteiger partial charge in [-0.1, -0.05) is 81.7 Å². The van der Waals surface area contributed by atoms with Crippen LogP contribution in [0, 0.1) is 5.92 Å². The molecule has 29 heavy (non-hydrogen) atoms. The summed E-state index contributed by atoms with van der Waals surface area (Å²) < 4.78 is 40.0. The van der Waals surface area contributed by atoms with E-state index in [4.69, 9.17) is 0 Å². The Morgan fingerprint density at radius 1 is 0.931 bits per heavy atom. The van der Waals surface area contributed by atoms with E-state index in [9.17, 15) is 13.2 Å². The van der Waals surface area contributed by atoms with Crippen LogP contribution in [0.15, 0.2) is 49.0 Å². The van der Waals surface area contributed by atoms with E-state index in [1.165, 1.54) is 75.1 Å².